The second-order valence-electron chi connectivity index (χ2n) is 7.54. The first kappa shape index (κ1) is 15.8. The number of likely N-dealkylation sites (tertiary alicyclic amines) is 1. The summed E-state index contributed by atoms with van der Waals surface area (Å²) in [6, 6.07) is 1.83. The molecule has 4 rings (SSSR count). The summed E-state index contributed by atoms with van der Waals surface area (Å²) >= 11 is 0. The molecule has 1 spiro atoms. The van der Waals surface area contributed by atoms with Crippen LogP contribution in [0, 0.1) is 11.3 Å². The van der Waals surface area contributed by atoms with Gasteiger partial charge in [-0.05, 0) is 44.8 Å². The molecule has 130 valence electrons. The maximum absolute atomic E-state index is 12.8. The summed E-state index contributed by atoms with van der Waals surface area (Å²) in [6.45, 7) is 5.79. The number of carbonyl (C=O) groups excluding carboxylic acids is 1. The van der Waals surface area contributed by atoms with Gasteiger partial charge >= 0.3 is 0 Å². The van der Waals surface area contributed by atoms with Crippen molar-refractivity contribution in [3.8, 4) is 0 Å². The molecular weight excluding hydrogens is 302 g/mol. The number of hydrogen-bond donors (Lipinski definition) is 1. The molecular formula is C18H27N5O. The molecule has 1 aromatic rings. The minimum atomic E-state index is 0.0774. The standard InChI is InChI=1S/C18H27N5O/c24-16(19-9-12-22-10-1-2-11-22)15-13-23(14-18(15)5-3-6-18)17-20-7-4-8-21-17/h4,7-8,15H,1-3,5-6,9-14H2,(H,19,24). The van der Waals surface area contributed by atoms with Gasteiger partial charge in [0.05, 0.1) is 5.92 Å². The van der Waals surface area contributed by atoms with Crippen molar-refractivity contribution in [2.75, 3.05) is 44.2 Å². The van der Waals surface area contributed by atoms with Gasteiger partial charge in [-0.2, -0.15) is 0 Å². The summed E-state index contributed by atoms with van der Waals surface area (Å²) in [6.07, 6.45) is 9.69. The van der Waals surface area contributed by atoms with Gasteiger partial charge in [-0.15, -0.1) is 0 Å². The third-order valence-electron chi connectivity index (χ3n) is 6.07. The van der Waals surface area contributed by atoms with Crippen LogP contribution in [0.25, 0.3) is 0 Å². The van der Waals surface area contributed by atoms with Crippen molar-refractivity contribution in [3.05, 3.63) is 18.5 Å². The highest BCUT2D eigenvalue weighted by Crippen LogP contribution is 2.52. The van der Waals surface area contributed by atoms with E-state index in [-0.39, 0.29) is 17.2 Å². The quantitative estimate of drug-likeness (QED) is 0.882. The molecule has 2 aliphatic heterocycles. The molecule has 0 aromatic carbocycles. The first-order chi connectivity index (χ1) is 11.8. The average molecular weight is 329 g/mol. The lowest BCUT2D eigenvalue weighted by molar-refractivity contribution is -0.129. The molecule has 1 saturated carbocycles. The van der Waals surface area contributed by atoms with Gasteiger partial charge in [0, 0.05) is 44.0 Å². The summed E-state index contributed by atoms with van der Waals surface area (Å²) in [5.74, 6) is 1.07. The first-order valence-corrected chi connectivity index (χ1v) is 9.29. The van der Waals surface area contributed by atoms with Crippen LogP contribution in [0.5, 0.6) is 0 Å². The number of nitrogens with zero attached hydrogens (tertiary/aromatic N) is 4. The van der Waals surface area contributed by atoms with Crippen molar-refractivity contribution in [1.82, 2.24) is 20.2 Å². The van der Waals surface area contributed by atoms with E-state index in [1.807, 2.05) is 6.07 Å². The van der Waals surface area contributed by atoms with E-state index in [1.54, 1.807) is 12.4 Å². The molecule has 6 heteroatoms. The Hall–Kier alpha value is -1.69. The van der Waals surface area contributed by atoms with Crippen molar-refractivity contribution >= 4 is 11.9 Å². The number of carbonyl (C=O) groups is 1. The largest absolute Gasteiger partial charge is 0.354 e. The molecule has 1 amide bonds. The second-order valence-corrected chi connectivity index (χ2v) is 7.54. The van der Waals surface area contributed by atoms with Crippen LogP contribution in [0.1, 0.15) is 32.1 Å². The van der Waals surface area contributed by atoms with Crippen molar-refractivity contribution in [2.45, 2.75) is 32.1 Å². The molecule has 6 nitrogen and oxygen atoms in total. The summed E-state index contributed by atoms with van der Waals surface area (Å²) in [7, 11) is 0. The van der Waals surface area contributed by atoms with Crippen LogP contribution in [0.4, 0.5) is 5.95 Å². The smallest absolute Gasteiger partial charge is 0.225 e. The van der Waals surface area contributed by atoms with Crippen molar-refractivity contribution in [3.63, 3.8) is 0 Å². The third kappa shape index (κ3) is 2.99. The first-order valence-electron chi connectivity index (χ1n) is 9.29. The predicted molar refractivity (Wildman–Crippen MR) is 92.7 cm³/mol. The van der Waals surface area contributed by atoms with E-state index in [9.17, 15) is 4.79 Å². The van der Waals surface area contributed by atoms with Gasteiger partial charge in [-0.3, -0.25) is 4.79 Å². The number of aromatic nitrogens is 2. The van der Waals surface area contributed by atoms with E-state index >= 15 is 0 Å². The molecule has 1 N–H and O–H groups in total. The van der Waals surface area contributed by atoms with Crippen molar-refractivity contribution in [2.24, 2.45) is 11.3 Å². The Morgan fingerprint density at radius 1 is 1.21 bits per heavy atom. The van der Waals surface area contributed by atoms with Gasteiger partial charge in [0.1, 0.15) is 0 Å². The molecule has 1 aliphatic carbocycles. The Morgan fingerprint density at radius 2 is 1.96 bits per heavy atom. The lowest BCUT2D eigenvalue weighted by Crippen LogP contribution is -2.46. The van der Waals surface area contributed by atoms with Crippen LogP contribution < -0.4 is 10.2 Å². The van der Waals surface area contributed by atoms with E-state index in [0.29, 0.717) is 0 Å². The van der Waals surface area contributed by atoms with Gasteiger partial charge in [0.2, 0.25) is 11.9 Å². The van der Waals surface area contributed by atoms with E-state index in [2.05, 4.69) is 25.1 Å². The molecule has 2 saturated heterocycles. The SMILES string of the molecule is O=C(NCCN1CCCC1)C1CN(c2ncccn2)CC12CCC2. The number of amides is 1. The van der Waals surface area contributed by atoms with Crippen LogP contribution in [0.3, 0.4) is 0 Å². The lowest BCUT2D eigenvalue weighted by atomic mass is 9.62. The summed E-state index contributed by atoms with van der Waals surface area (Å²) in [5, 5.41) is 3.20. The van der Waals surface area contributed by atoms with Gasteiger partial charge in [0.15, 0.2) is 0 Å². The predicted octanol–water partition coefficient (Wildman–Crippen LogP) is 1.30. The van der Waals surface area contributed by atoms with Crippen LogP contribution in [0.15, 0.2) is 18.5 Å². The Balaban J connectivity index is 1.36. The fourth-order valence-corrected chi connectivity index (χ4v) is 4.54. The summed E-state index contributed by atoms with van der Waals surface area (Å²) in [5.41, 5.74) is 0.150. The number of nitrogens with one attached hydrogen (secondary N) is 1. The Morgan fingerprint density at radius 3 is 2.62 bits per heavy atom. The lowest BCUT2D eigenvalue weighted by Gasteiger charge is -2.41. The Labute approximate surface area is 143 Å². The summed E-state index contributed by atoms with van der Waals surface area (Å²) in [4.78, 5) is 26.2. The number of rotatable bonds is 5. The molecule has 3 fully saturated rings. The fourth-order valence-electron chi connectivity index (χ4n) is 4.54. The van der Waals surface area contributed by atoms with Gasteiger partial charge in [-0.1, -0.05) is 6.42 Å². The minimum absolute atomic E-state index is 0.0774. The monoisotopic (exact) mass is 329 g/mol. The zero-order chi connectivity index (χ0) is 16.4. The van der Waals surface area contributed by atoms with Crippen LogP contribution in [0.2, 0.25) is 0 Å². The zero-order valence-electron chi connectivity index (χ0n) is 14.3. The zero-order valence-corrected chi connectivity index (χ0v) is 14.3. The molecule has 1 atom stereocenters. The maximum atomic E-state index is 12.8. The van der Waals surface area contributed by atoms with Crippen LogP contribution >= 0.6 is 0 Å². The topological polar surface area (TPSA) is 61.4 Å². The molecule has 0 radical (unpaired) electrons. The minimum Gasteiger partial charge on any atom is -0.354 e. The number of hydrogen-bond acceptors (Lipinski definition) is 5. The average Bonchev–Trinajstić information content (AvgIpc) is 3.22. The molecule has 3 heterocycles. The molecule has 24 heavy (non-hydrogen) atoms. The second kappa shape index (κ2) is 6.67. The maximum Gasteiger partial charge on any atom is 0.225 e. The third-order valence-corrected chi connectivity index (χ3v) is 6.07. The molecule has 3 aliphatic rings. The summed E-state index contributed by atoms with van der Waals surface area (Å²) < 4.78 is 0. The van der Waals surface area contributed by atoms with Gasteiger partial charge < -0.3 is 15.1 Å². The van der Waals surface area contributed by atoms with Gasteiger partial charge in [0.25, 0.3) is 0 Å². The fraction of sp³-hybridized carbons (Fsp3) is 0.722. The highest BCUT2D eigenvalue weighted by molar-refractivity contribution is 5.81. The normalized spacial score (nSPS) is 25.8. The highest BCUT2D eigenvalue weighted by atomic mass is 16.2. The van der Waals surface area contributed by atoms with Crippen molar-refractivity contribution < 1.29 is 4.79 Å². The molecule has 1 unspecified atom stereocenters. The van der Waals surface area contributed by atoms with E-state index in [0.717, 1.165) is 45.0 Å². The van der Waals surface area contributed by atoms with Crippen LogP contribution in [-0.2, 0) is 4.79 Å². The van der Waals surface area contributed by atoms with E-state index in [4.69, 9.17) is 0 Å². The van der Waals surface area contributed by atoms with Crippen molar-refractivity contribution in [1.29, 1.82) is 0 Å². The van der Waals surface area contributed by atoms with Crippen LogP contribution in [-0.4, -0.2) is 60.0 Å². The Kier molecular flexibility index (Phi) is 4.39. The number of anilines is 1. The van der Waals surface area contributed by atoms with E-state index < -0.39 is 0 Å². The molecule has 1 aromatic heterocycles. The Bertz CT molecular complexity index is 568. The molecule has 0 bridgehead atoms. The van der Waals surface area contributed by atoms with E-state index in [1.165, 1.54) is 32.4 Å². The van der Waals surface area contributed by atoms with Gasteiger partial charge in [-0.25, -0.2) is 9.97 Å². The highest BCUT2D eigenvalue weighted by Gasteiger charge is 2.53.